The zero-order valence-electron chi connectivity index (χ0n) is 15.9. The molecule has 28 heavy (non-hydrogen) atoms. The van der Waals surface area contributed by atoms with Crippen molar-refractivity contribution in [3.05, 3.63) is 71.0 Å². The van der Waals surface area contributed by atoms with Crippen LogP contribution in [0.2, 0.25) is 5.02 Å². The molecule has 0 fully saturated rings. The Balaban J connectivity index is 1.53. The van der Waals surface area contributed by atoms with Crippen molar-refractivity contribution in [3.63, 3.8) is 0 Å². The number of nitrogens with one attached hydrogen (secondary N) is 2. The van der Waals surface area contributed by atoms with E-state index >= 15 is 0 Å². The van der Waals surface area contributed by atoms with Crippen LogP contribution in [0, 0.1) is 0 Å². The molecular formula is C21H23ClN4O2. The number of methoxy groups -OCH3 is 2. The minimum Gasteiger partial charge on any atom is -0.493 e. The van der Waals surface area contributed by atoms with Crippen LogP contribution in [-0.2, 0) is 13.0 Å². The van der Waals surface area contributed by atoms with Gasteiger partial charge >= 0.3 is 0 Å². The average Bonchev–Trinajstić information content (AvgIpc) is 2.74. The van der Waals surface area contributed by atoms with Crippen LogP contribution in [0.15, 0.2) is 54.9 Å². The van der Waals surface area contributed by atoms with Gasteiger partial charge in [0.25, 0.3) is 0 Å². The van der Waals surface area contributed by atoms with Crippen LogP contribution in [-0.4, -0.2) is 30.7 Å². The molecule has 0 amide bonds. The maximum absolute atomic E-state index is 5.91. The van der Waals surface area contributed by atoms with Crippen molar-refractivity contribution in [2.45, 2.75) is 13.0 Å². The van der Waals surface area contributed by atoms with Crippen molar-refractivity contribution in [2.24, 2.45) is 0 Å². The molecule has 1 heterocycles. The number of nitrogens with zero attached hydrogens (tertiary/aromatic N) is 2. The number of halogens is 1. The Morgan fingerprint density at radius 1 is 0.821 bits per heavy atom. The van der Waals surface area contributed by atoms with Gasteiger partial charge in [-0.05, 0) is 41.8 Å². The van der Waals surface area contributed by atoms with Crippen LogP contribution in [0.25, 0.3) is 0 Å². The molecule has 3 aromatic rings. The number of hydrogen-bond acceptors (Lipinski definition) is 6. The molecule has 0 saturated carbocycles. The normalized spacial score (nSPS) is 10.4. The van der Waals surface area contributed by atoms with Gasteiger partial charge in [-0.25, -0.2) is 9.97 Å². The standard InChI is InChI=1S/C21H23ClN4O2/c1-27-18-8-5-16(11-19(18)28-2)13-24-21-12-20(25-14-26-21)23-10-9-15-3-6-17(22)7-4-15/h3-8,11-12,14H,9-10,13H2,1-2H3,(H2,23,24,25,26). The van der Waals surface area contributed by atoms with Crippen molar-refractivity contribution in [3.8, 4) is 11.5 Å². The number of anilines is 2. The first kappa shape index (κ1) is 19.8. The summed E-state index contributed by atoms with van der Waals surface area (Å²) in [5, 5.41) is 7.37. The molecule has 2 aromatic carbocycles. The van der Waals surface area contributed by atoms with Crippen LogP contribution >= 0.6 is 11.6 Å². The minimum atomic E-state index is 0.613. The molecular weight excluding hydrogens is 376 g/mol. The van der Waals surface area contributed by atoms with Gasteiger partial charge in [0, 0.05) is 24.2 Å². The van der Waals surface area contributed by atoms with E-state index in [0.29, 0.717) is 18.0 Å². The van der Waals surface area contributed by atoms with E-state index in [0.717, 1.165) is 35.2 Å². The van der Waals surface area contributed by atoms with Gasteiger partial charge in [-0.3, -0.25) is 0 Å². The van der Waals surface area contributed by atoms with Gasteiger partial charge in [-0.1, -0.05) is 29.8 Å². The second-order valence-corrected chi connectivity index (χ2v) is 6.57. The van der Waals surface area contributed by atoms with E-state index in [4.69, 9.17) is 21.1 Å². The van der Waals surface area contributed by atoms with Crippen LogP contribution in [0.1, 0.15) is 11.1 Å². The van der Waals surface area contributed by atoms with Crippen molar-refractivity contribution in [1.82, 2.24) is 9.97 Å². The molecule has 0 radical (unpaired) electrons. The predicted octanol–water partition coefficient (Wildman–Crippen LogP) is 4.41. The van der Waals surface area contributed by atoms with E-state index < -0.39 is 0 Å². The maximum atomic E-state index is 5.91. The van der Waals surface area contributed by atoms with E-state index in [2.05, 4.69) is 20.6 Å². The largest absolute Gasteiger partial charge is 0.493 e. The highest BCUT2D eigenvalue weighted by Gasteiger charge is 2.05. The highest BCUT2D eigenvalue weighted by Crippen LogP contribution is 2.27. The molecule has 6 nitrogen and oxygen atoms in total. The zero-order chi connectivity index (χ0) is 19.8. The summed E-state index contributed by atoms with van der Waals surface area (Å²) < 4.78 is 10.6. The third-order valence-corrected chi connectivity index (χ3v) is 4.47. The van der Waals surface area contributed by atoms with E-state index in [1.54, 1.807) is 20.5 Å². The van der Waals surface area contributed by atoms with Gasteiger partial charge in [-0.2, -0.15) is 0 Å². The van der Waals surface area contributed by atoms with Gasteiger partial charge in [0.2, 0.25) is 0 Å². The van der Waals surface area contributed by atoms with Crippen LogP contribution in [0.5, 0.6) is 11.5 Å². The summed E-state index contributed by atoms with van der Waals surface area (Å²) in [5.41, 5.74) is 2.28. The lowest BCUT2D eigenvalue weighted by Crippen LogP contribution is -2.08. The summed E-state index contributed by atoms with van der Waals surface area (Å²) >= 11 is 5.91. The third kappa shape index (κ3) is 5.50. The molecule has 0 aliphatic carbocycles. The molecule has 0 aliphatic heterocycles. The first-order valence-electron chi connectivity index (χ1n) is 8.93. The first-order valence-corrected chi connectivity index (χ1v) is 9.31. The third-order valence-electron chi connectivity index (χ3n) is 4.22. The maximum Gasteiger partial charge on any atom is 0.161 e. The molecule has 146 valence electrons. The lowest BCUT2D eigenvalue weighted by atomic mass is 10.1. The molecule has 1 aromatic heterocycles. The quantitative estimate of drug-likeness (QED) is 0.556. The molecule has 0 bridgehead atoms. The Hall–Kier alpha value is -2.99. The van der Waals surface area contributed by atoms with Gasteiger partial charge in [0.15, 0.2) is 11.5 Å². The van der Waals surface area contributed by atoms with Crippen LogP contribution in [0.4, 0.5) is 11.6 Å². The van der Waals surface area contributed by atoms with Gasteiger partial charge < -0.3 is 20.1 Å². The molecule has 2 N–H and O–H groups in total. The lowest BCUT2D eigenvalue weighted by molar-refractivity contribution is 0.354. The lowest BCUT2D eigenvalue weighted by Gasteiger charge is -2.11. The summed E-state index contributed by atoms with van der Waals surface area (Å²) in [7, 11) is 3.25. The summed E-state index contributed by atoms with van der Waals surface area (Å²) in [6, 6.07) is 15.6. The SMILES string of the molecule is COc1ccc(CNc2cc(NCCc3ccc(Cl)cc3)ncn2)cc1OC. The highest BCUT2D eigenvalue weighted by molar-refractivity contribution is 6.30. The van der Waals surface area contributed by atoms with E-state index in [1.165, 1.54) is 5.56 Å². The number of hydrogen-bond donors (Lipinski definition) is 2. The zero-order valence-corrected chi connectivity index (χ0v) is 16.7. The smallest absolute Gasteiger partial charge is 0.161 e. The molecule has 0 spiro atoms. The van der Waals surface area contributed by atoms with Crippen LogP contribution < -0.4 is 20.1 Å². The summed E-state index contributed by atoms with van der Waals surface area (Å²) in [6.07, 6.45) is 2.43. The van der Waals surface area contributed by atoms with Crippen molar-refractivity contribution in [1.29, 1.82) is 0 Å². The average molecular weight is 399 g/mol. The fraction of sp³-hybridized carbons (Fsp3) is 0.238. The summed E-state index contributed by atoms with van der Waals surface area (Å²) in [6.45, 7) is 1.38. The van der Waals surface area contributed by atoms with Crippen molar-refractivity contribution < 1.29 is 9.47 Å². The molecule has 0 aliphatic rings. The van der Waals surface area contributed by atoms with Crippen molar-refractivity contribution >= 4 is 23.2 Å². The second kappa shape index (κ2) is 9.80. The van der Waals surface area contributed by atoms with Crippen molar-refractivity contribution in [2.75, 3.05) is 31.4 Å². The Kier molecular flexibility index (Phi) is 6.92. The highest BCUT2D eigenvalue weighted by atomic mass is 35.5. The van der Waals surface area contributed by atoms with E-state index in [1.807, 2.05) is 48.5 Å². The Morgan fingerprint density at radius 2 is 1.50 bits per heavy atom. The first-order chi connectivity index (χ1) is 13.7. The predicted molar refractivity (Wildman–Crippen MR) is 113 cm³/mol. The van der Waals surface area contributed by atoms with Gasteiger partial charge in [0.05, 0.1) is 14.2 Å². The van der Waals surface area contributed by atoms with Gasteiger partial charge in [0.1, 0.15) is 18.0 Å². The fourth-order valence-electron chi connectivity index (χ4n) is 2.72. The molecule has 0 atom stereocenters. The Morgan fingerprint density at radius 3 is 2.21 bits per heavy atom. The molecule has 0 unspecified atom stereocenters. The molecule has 3 rings (SSSR count). The Labute approximate surface area is 169 Å². The van der Waals surface area contributed by atoms with E-state index in [9.17, 15) is 0 Å². The van der Waals surface area contributed by atoms with E-state index in [-0.39, 0.29) is 0 Å². The summed E-state index contributed by atoms with van der Waals surface area (Å²) in [5.74, 6) is 2.94. The van der Waals surface area contributed by atoms with Gasteiger partial charge in [-0.15, -0.1) is 0 Å². The van der Waals surface area contributed by atoms with Crippen LogP contribution in [0.3, 0.4) is 0 Å². The second-order valence-electron chi connectivity index (χ2n) is 6.13. The number of benzene rings is 2. The topological polar surface area (TPSA) is 68.3 Å². The Bertz CT molecular complexity index is 903. The molecule has 0 saturated heterocycles. The summed E-state index contributed by atoms with van der Waals surface area (Å²) in [4.78, 5) is 8.54. The monoisotopic (exact) mass is 398 g/mol. The number of aromatic nitrogens is 2. The molecule has 7 heteroatoms. The number of rotatable bonds is 9. The fourth-order valence-corrected chi connectivity index (χ4v) is 2.85. The number of ether oxygens (including phenoxy) is 2. The minimum absolute atomic E-state index is 0.613.